The number of hydrogen-bond acceptors (Lipinski definition) is 5. The van der Waals surface area contributed by atoms with E-state index >= 15 is 0 Å². The Balaban J connectivity index is 3.01. The second kappa shape index (κ2) is 7.02. The van der Waals surface area contributed by atoms with Crippen LogP contribution in [0, 0.1) is 26.2 Å². The molecule has 2 aromatic rings. The van der Waals surface area contributed by atoms with Gasteiger partial charge in [-0.15, -0.1) is 0 Å². The molecule has 6 nitrogen and oxygen atoms in total. The molecule has 0 saturated heterocycles. The number of nitrogens with one attached hydrogen (secondary N) is 1. The Morgan fingerprint density at radius 1 is 1.35 bits per heavy atom. The Hall–Kier alpha value is -2.04. The summed E-state index contributed by atoms with van der Waals surface area (Å²) >= 11 is 5.47. The van der Waals surface area contributed by atoms with Gasteiger partial charge in [-0.05, 0) is 41.6 Å². The molecule has 0 spiro atoms. The van der Waals surface area contributed by atoms with Gasteiger partial charge in [0.05, 0.1) is 10.2 Å². The molecule has 8 heteroatoms. The van der Waals surface area contributed by atoms with Crippen molar-refractivity contribution in [2.75, 3.05) is 12.3 Å². The summed E-state index contributed by atoms with van der Waals surface area (Å²) in [5.74, 6) is 0.415. The molecule has 0 saturated carbocycles. The predicted molar refractivity (Wildman–Crippen MR) is 97.9 cm³/mol. The van der Waals surface area contributed by atoms with Gasteiger partial charge in [0, 0.05) is 15.6 Å². The van der Waals surface area contributed by atoms with E-state index in [0.717, 1.165) is 8.04 Å². The molecule has 3 N–H and O–H groups in total. The lowest BCUT2D eigenvalue weighted by Gasteiger charge is -2.15. The SMILES string of the molecule is CCOc1c(I)cc(Br)cc1-c1c(C#N)c(N)[nH]c(=O)c1C#N. The number of aromatic amines is 1. The maximum absolute atomic E-state index is 12.1. The fourth-order valence-corrected chi connectivity index (χ4v) is 3.82. The van der Waals surface area contributed by atoms with Gasteiger partial charge in [0.25, 0.3) is 5.56 Å². The number of pyridine rings is 1. The zero-order valence-electron chi connectivity index (χ0n) is 11.9. The van der Waals surface area contributed by atoms with Crippen molar-refractivity contribution in [3.05, 3.63) is 41.7 Å². The molecule has 0 bridgehead atoms. The van der Waals surface area contributed by atoms with Gasteiger partial charge in [-0.3, -0.25) is 4.79 Å². The van der Waals surface area contributed by atoms with Crippen LogP contribution in [0.15, 0.2) is 21.4 Å². The van der Waals surface area contributed by atoms with Gasteiger partial charge >= 0.3 is 0 Å². The minimum absolute atomic E-state index is 0.0380. The summed E-state index contributed by atoms with van der Waals surface area (Å²) in [5.41, 5.74) is 5.62. The van der Waals surface area contributed by atoms with Crippen LogP contribution in [-0.4, -0.2) is 11.6 Å². The number of nitrogen functional groups attached to an aromatic ring is 1. The lowest BCUT2D eigenvalue weighted by Crippen LogP contribution is -2.16. The molecule has 0 aliphatic rings. The Kier molecular flexibility index (Phi) is 5.29. The number of nitriles is 2. The van der Waals surface area contributed by atoms with Crippen molar-refractivity contribution < 1.29 is 4.74 Å². The van der Waals surface area contributed by atoms with Gasteiger partial charge in [-0.2, -0.15) is 10.5 Å². The number of benzene rings is 1. The van der Waals surface area contributed by atoms with Crippen molar-refractivity contribution in [2.45, 2.75) is 6.92 Å². The molecule has 0 unspecified atom stereocenters. The third-order valence-electron chi connectivity index (χ3n) is 3.03. The van der Waals surface area contributed by atoms with Crippen LogP contribution in [0.3, 0.4) is 0 Å². The van der Waals surface area contributed by atoms with Crippen LogP contribution in [-0.2, 0) is 0 Å². The summed E-state index contributed by atoms with van der Waals surface area (Å²) in [6.07, 6.45) is 0. The van der Waals surface area contributed by atoms with Gasteiger partial charge in [0.15, 0.2) is 0 Å². The number of halogens is 2. The lowest BCUT2D eigenvalue weighted by atomic mass is 9.96. The minimum Gasteiger partial charge on any atom is -0.492 e. The lowest BCUT2D eigenvalue weighted by molar-refractivity contribution is 0.339. The number of H-pyrrole nitrogens is 1. The topological polar surface area (TPSA) is 116 Å². The first kappa shape index (κ1) is 17.3. The fourth-order valence-electron chi connectivity index (χ4n) is 2.15. The average molecular weight is 485 g/mol. The van der Waals surface area contributed by atoms with E-state index in [1.807, 2.05) is 25.1 Å². The number of ether oxygens (including phenoxy) is 1. The van der Waals surface area contributed by atoms with E-state index in [2.05, 4.69) is 43.5 Å². The number of anilines is 1. The molecule has 0 radical (unpaired) electrons. The molecular formula is C15H10BrIN4O2. The molecule has 2 rings (SSSR count). The highest BCUT2D eigenvalue weighted by Gasteiger charge is 2.22. The van der Waals surface area contributed by atoms with E-state index in [-0.39, 0.29) is 22.5 Å². The van der Waals surface area contributed by atoms with E-state index < -0.39 is 5.56 Å². The molecule has 23 heavy (non-hydrogen) atoms. The summed E-state index contributed by atoms with van der Waals surface area (Å²) in [6, 6.07) is 7.34. The van der Waals surface area contributed by atoms with Gasteiger partial charge in [0.2, 0.25) is 0 Å². The smallest absolute Gasteiger partial charge is 0.268 e. The molecular weight excluding hydrogens is 475 g/mol. The molecule has 1 aromatic carbocycles. The number of aromatic nitrogens is 1. The summed E-state index contributed by atoms with van der Waals surface area (Å²) in [7, 11) is 0. The van der Waals surface area contributed by atoms with Crippen molar-refractivity contribution in [3.63, 3.8) is 0 Å². The number of nitrogens with two attached hydrogens (primary N) is 1. The van der Waals surface area contributed by atoms with Crippen LogP contribution in [0.5, 0.6) is 5.75 Å². The van der Waals surface area contributed by atoms with Crippen LogP contribution in [0.2, 0.25) is 0 Å². The molecule has 1 heterocycles. The van der Waals surface area contributed by atoms with Crippen LogP contribution >= 0.6 is 38.5 Å². The fraction of sp³-hybridized carbons (Fsp3) is 0.133. The van der Waals surface area contributed by atoms with Gasteiger partial charge in [0.1, 0.15) is 34.8 Å². The Bertz CT molecular complexity index is 925. The average Bonchev–Trinajstić information content (AvgIpc) is 2.49. The highest BCUT2D eigenvalue weighted by atomic mass is 127. The molecule has 0 amide bonds. The van der Waals surface area contributed by atoms with E-state index in [1.165, 1.54) is 0 Å². The summed E-state index contributed by atoms with van der Waals surface area (Å²) in [4.78, 5) is 14.4. The number of nitrogens with zero attached hydrogens (tertiary/aromatic N) is 2. The van der Waals surface area contributed by atoms with E-state index in [4.69, 9.17) is 10.5 Å². The molecule has 0 aliphatic carbocycles. The maximum atomic E-state index is 12.1. The van der Waals surface area contributed by atoms with Crippen LogP contribution < -0.4 is 16.0 Å². The molecule has 1 aromatic heterocycles. The van der Waals surface area contributed by atoms with Crippen molar-refractivity contribution in [1.82, 2.24) is 4.98 Å². The van der Waals surface area contributed by atoms with Crippen LogP contribution in [0.25, 0.3) is 11.1 Å². The van der Waals surface area contributed by atoms with E-state index in [9.17, 15) is 15.3 Å². The van der Waals surface area contributed by atoms with Gasteiger partial charge in [-0.1, -0.05) is 15.9 Å². The summed E-state index contributed by atoms with van der Waals surface area (Å²) in [5, 5.41) is 18.8. The number of hydrogen-bond donors (Lipinski definition) is 2. The first-order valence-electron chi connectivity index (χ1n) is 6.42. The second-order valence-electron chi connectivity index (χ2n) is 4.41. The zero-order chi connectivity index (χ0) is 17.1. The third kappa shape index (κ3) is 3.19. The first-order chi connectivity index (χ1) is 10.9. The highest BCUT2D eigenvalue weighted by molar-refractivity contribution is 14.1. The van der Waals surface area contributed by atoms with Gasteiger partial charge < -0.3 is 15.5 Å². The van der Waals surface area contributed by atoms with Crippen LogP contribution in [0.4, 0.5) is 5.82 Å². The predicted octanol–water partition coefficient (Wildman–Crippen LogP) is 3.13. The second-order valence-corrected chi connectivity index (χ2v) is 6.49. The Labute approximate surface area is 154 Å². The molecule has 0 aliphatic heterocycles. The number of rotatable bonds is 3. The Morgan fingerprint density at radius 3 is 2.57 bits per heavy atom. The first-order valence-corrected chi connectivity index (χ1v) is 8.29. The van der Waals surface area contributed by atoms with Crippen molar-refractivity contribution in [1.29, 1.82) is 10.5 Å². The minimum atomic E-state index is -0.642. The molecule has 0 fully saturated rings. The molecule has 116 valence electrons. The van der Waals surface area contributed by atoms with Gasteiger partial charge in [-0.25, -0.2) is 0 Å². The van der Waals surface area contributed by atoms with Crippen LogP contribution in [0.1, 0.15) is 18.1 Å². The monoisotopic (exact) mass is 484 g/mol. The zero-order valence-corrected chi connectivity index (χ0v) is 15.6. The normalized spacial score (nSPS) is 9.96. The molecule has 0 atom stereocenters. The standard InChI is InChI=1S/C15H10BrIN4O2/c1-2-23-13-8(3-7(16)4-11(13)17)12-9(5-18)14(20)21-15(22)10(12)6-19/h3-4H,2H2,1H3,(H3,20,21,22). The summed E-state index contributed by atoms with van der Waals surface area (Å²) < 4.78 is 7.16. The van der Waals surface area contributed by atoms with Crippen molar-refractivity contribution >= 4 is 44.3 Å². The quantitative estimate of drug-likeness (QED) is 0.649. The third-order valence-corrected chi connectivity index (χ3v) is 4.29. The van der Waals surface area contributed by atoms with Crippen molar-refractivity contribution in [2.24, 2.45) is 0 Å². The highest BCUT2D eigenvalue weighted by Crippen LogP contribution is 2.40. The largest absolute Gasteiger partial charge is 0.492 e. The van der Waals surface area contributed by atoms with Crippen molar-refractivity contribution in [3.8, 4) is 29.0 Å². The van der Waals surface area contributed by atoms with E-state index in [0.29, 0.717) is 17.9 Å². The summed E-state index contributed by atoms with van der Waals surface area (Å²) in [6.45, 7) is 2.22. The maximum Gasteiger partial charge on any atom is 0.268 e. The van der Waals surface area contributed by atoms with E-state index in [1.54, 1.807) is 6.07 Å². The Morgan fingerprint density at radius 2 is 2.00 bits per heavy atom.